The number of nitrogens with one attached hydrogen (secondary N) is 2. The standard InChI is InChI=1S/C2H6IN2O3/c1-4-5(8)3-2(6)7/h4-5H,1H3,(H,6,7)/q-1. The Hall–Kier alpha value is 0.0800. The van der Waals surface area contributed by atoms with Gasteiger partial charge in [0.15, 0.2) is 0 Å². The molecule has 8 heavy (non-hydrogen) atoms. The average molecular weight is 233 g/mol. The van der Waals surface area contributed by atoms with Gasteiger partial charge in [0.25, 0.3) is 0 Å². The normalized spacial score (nSPS) is 13.8. The molecule has 0 aromatic rings. The molecular formula is C2H6IN2O3-. The molecule has 0 heterocycles. The van der Waals surface area contributed by atoms with Crippen molar-refractivity contribution in [2.75, 3.05) is 7.05 Å². The zero-order valence-electron chi connectivity index (χ0n) is 4.14. The van der Waals surface area contributed by atoms with Gasteiger partial charge in [-0.25, -0.2) is 0 Å². The van der Waals surface area contributed by atoms with E-state index >= 15 is 0 Å². The summed E-state index contributed by atoms with van der Waals surface area (Å²) < 4.78 is -1.36. The molecule has 50 valence electrons. The van der Waals surface area contributed by atoms with Gasteiger partial charge in [-0.3, -0.25) is 0 Å². The molecule has 0 aliphatic heterocycles. The minimum absolute atomic E-state index is 0.365. The molecule has 6 heteroatoms. The zero-order valence-corrected chi connectivity index (χ0v) is 6.30. The van der Waals surface area contributed by atoms with E-state index in [4.69, 9.17) is 5.11 Å². The van der Waals surface area contributed by atoms with E-state index in [-0.39, 0.29) is 3.39 Å². The van der Waals surface area contributed by atoms with Gasteiger partial charge in [0, 0.05) is 0 Å². The van der Waals surface area contributed by atoms with Crippen LogP contribution in [-0.2, 0) is 0 Å². The molecule has 0 saturated heterocycles. The first-order valence-electron chi connectivity index (χ1n) is 1.76. The van der Waals surface area contributed by atoms with Crippen LogP contribution >= 0.6 is 0 Å². The van der Waals surface area contributed by atoms with E-state index in [1.807, 2.05) is 0 Å². The molecular weight excluding hydrogens is 227 g/mol. The van der Waals surface area contributed by atoms with Gasteiger partial charge in [0.1, 0.15) is 0 Å². The number of quaternary nitrogens is 1. The van der Waals surface area contributed by atoms with Crippen LogP contribution in [0.5, 0.6) is 0 Å². The fourth-order valence-electron chi connectivity index (χ4n) is 0.121. The van der Waals surface area contributed by atoms with Crippen molar-refractivity contribution in [3.63, 3.8) is 0 Å². The zero-order chi connectivity index (χ0) is 6.57. The number of hydrogen-bond donors (Lipinski definition) is 3. The van der Waals surface area contributed by atoms with Gasteiger partial charge in [0.2, 0.25) is 0 Å². The molecule has 5 nitrogen and oxygen atoms in total. The fraction of sp³-hybridized carbons (Fsp3) is 0.500. The number of hydrogen-bond acceptors (Lipinski definition) is 3. The van der Waals surface area contributed by atoms with Crippen molar-refractivity contribution in [1.29, 1.82) is 0 Å². The molecule has 1 atom stereocenters. The topological polar surface area (TPSA) is 76.8 Å². The SMILES string of the molecule is CN[NH+]([O-])[I-]C(=O)O. The Kier molecular flexibility index (Phi) is 4.05. The first-order chi connectivity index (χ1) is 3.66. The molecule has 0 bridgehead atoms. The third-order valence-corrected chi connectivity index (χ3v) is 1.85. The summed E-state index contributed by atoms with van der Waals surface area (Å²) in [6, 6.07) is 0. The van der Waals surface area contributed by atoms with E-state index in [9.17, 15) is 10.0 Å². The summed E-state index contributed by atoms with van der Waals surface area (Å²) in [5, 5.41) is 18.2. The molecule has 0 saturated carbocycles. The summed E-state index contributed by atoms with van der Waals surface area (Å²) in [5.74, 6) is 0. The van der Waals surface area contributed by atoms with Crippen LogP contribution in [0.4, 0.5) is 4.79 Å². The molecule has 0 spiro atoms. The maximum atomic E-state index is 10.2. The number of rotatable bonds is 3. The Morgan fingerprint density at radius 3 is 2.62 bits per heavy atom. The second kappa shape index (κ2) is 4.01. The van der Waals surface area contributed by atoms with E-state index in [1.165, 1.54) is 7.05 Å². The molecule has 3 N–H and O–H groups in total. The Labute approximate surface area is 56.8 Å². The first kappa shape index (κ1) is 8.08. The molecule has 0 aliphatic rings. The van der Waals surface area contributed by atoms with Crippen LogP contribution in [0.1, 0.15) is 0 Å². The van der Waals surface area contributed by atoms with Crippen LogP contribution in [0.25, 0.3) is 0 Å². The van der Waals surface area contributed by atoms with E-state index in [1.54, 1.807) is 0 Å². The van der Waals surface area contributed by atoms with Gasteiger partial charge in [0.05, 0.1) is 0 Å². The van der Waals surface area contributed by atoms with Gasteiger partial charge < -0.3 is 0 Å². The van der Waals surface area contributed by atoms with Gasteiger partial charge in [-0.15, -0.1) is 0 Å². The van der Waals surface area contributed by atoms with Crippen molar-refractivity contribution in [3.8, 4) is 0 Å². The molecule has 0 aromatic carbocycles. The van der Waals surface area contributed by atoms with E-state index < -0.39 is 25.5 Å². The maximum absolute atomic E-state index is 10.2. The van der Waals surface area contributed by atoms with Crippen LogP contribution < -0.4 is 30.3 Å². The van der Waals surface area contributed by atoms with Crippen LogP contribution in [0.3, 0.4) is 0 Å². The van der Waals surface area contributed by atoms with Gasteiger partial charge in [-0.1, -0.05) is 0 Å². The van der Waals surface area contributed by atoms with Gasteiger partial charge >= 0.3 is 56.4 Å². The Balaban J connectivity index is 3.24. The molecule has 1 unspecified atom stereocenters. The predicted molar refractivity (Wildman–Crippen MR) is 21.4 cm³/mol. The molecule has 0 aliphatic carbocycles. The predicted octanol–water partition coefficient (Wildman–Crippen LogP) is -4.81. The van der Waals surface area contributed by atoms with Crippen LogP contribution in [-0.4, -0.2) is 16.1 Å². The quantitative estimate of drug-likeness (QED) is 0.198. The molecule has 0 fully saturated rings. The van der Waals surface area contributed by atoms with Gasteiger partial charge in [-0.2, -0.15) is 0 Å². The Bertz CT molecular complexity index is 87.4. The van der Waals surface area contributed by atoms with Gasteiger partial charge in [-0.05, 0) is 0 Å². The van der Waals surface area contributed by atoms with Crippen LogP contribution in [0, 0.1) is 5.21 Å². The number of halogens is 1. The third-order valence-electron chi connectivity index (χ3n) is 0.363. The number of carbonyl (C=O) groups is 1. The Morgan fingerprint density at radius 1 is 2.00 bits per heavy atom. The van der Waals surface area contributed by atoms with Crippen molar-refractivity contribution in [1.82, 2.24) is 5.43 Å². The summed E-state index contributed by atoms with van der Waals surface area (Å²) in [7, 11) is 1.42. The van der Waals surface area contributed by atoms with E-state index in [0.717, 1.165) is 0 Å². The fourth-order valence-corrected chi connectivity index (χ4v) is 0.809. The van der Waals surface area contributed by atoms with Crippen molar-refractivity contribution < 1.29 is 34.8 Å². The molecule has 0 rings (SSSR count). The summed E-state index contributed by atoms with van der Waals surface area (Å²) in [4.78, 5) is 9.76. The average Bonchev–Trinajstić information content (AvgIpc) is 1.65. The monoisotopic (exact) mass is 233 g/mol. The summed E-state index contributed by atoms with van der Waals surface area (Å²) in [6.07, 6.45) is 0. The summed E-state index contributed by atoms with van der Waals surface area (Å²) in [6.45, 7) is 0. The minimum atomic E-state index is -1.33. The number of carboxylic acid groups (broad SMARTS) is 1. The second-order valence-corrected chi connectivity index (χ2v) is 3.31. The molecule has 0 radical (unpaired) electrons. The van der Waals surface area contributed by atoms with Crippen molar-refractivity contribution in [2.24, 2.45) is 0 Å². The van der Waals surface area contributed by atoms with E-state index in [2.05, 4.69) is 5.43 Å². The van der Waals surface area contributed by atoms with Crippen molar-refractivity contribution >= 4 is 3.98 Å². The first-order valence-corrected chi connectivity index (χ1v) is 3.92. The van der Waals surface area contributed by atoms with Crippen molar-refractivity contribution in [2.45, 2.75) is 0 Å². The summed E-state index contributed by atoms with van der Waals surface area (Å²) in [5.41, 5.74) is 2.23. The third kappa shape index (κ3) is 4.24. The Morgan fingerprint density at radius 2 is 2.50 bits per heavy atom. The van der Waals surface area contributed by atoms with Crippen LogP contribution in [0.15, 0.2) is 0 Å². The molecule has 0 amide bonds. The van der Waals surface area contributed by atoms with Crippen LogP contribution in [0.2, 0.25) is 0 Å². The second-order valence-electron chi connectivity index (χ2n) is 0.871. The molecule has 0 aromatic heterocycles. The van der Waals surface area contributed by atoms with Crippen molar-refractivity contribution in [3.05, 3.63) is 5.21 Å². The summed E-state index contributed by atoms with van der Waals surface area (Å²) >= 11 is -1.33. The van der Waals surface area contributed by atoms with E-state index in [0.29, 0.717) is 0 Å².